The summed E-state index contributed by atoms with van der Waals surface area (Å²) in [5, 5.41) is 9.36. The molecule has 0 saturated heterocycles. The van der Waals surface area contributed by atoms with E-state index in [1.165, 1.54) is 11.1 Å². The summed E-state index contributed by atoms with van der Waals surface area (Å²) in [5.74, 6) is 1.85. The fraction of sp³-hybridized carbons (Fsp3) is 0.556. The van der Waals surface area contributed by atoms with Gasteiger partial charge in [0.25, 0.3) is 0 Å². The third kappa shape index (κ3) is 5.44. The van der Waals surface area contributed by atoms with Crippen molar-refractivity contribution in [2.75, 3.05) is 33.3 Å². The summed E-state index contributed by atoms with van der Waals surface area (Å²) in [6.07, 6.45) is 1.93. The zero-order valence-electron chi connectivity index (χ0n) is 14.8. The Balaban J connectivity index is 1.65. The van der Waals surface area contributed by atoms with Gasteiger partial charge in [-0.05, 0) is 23.6 Å². The molecule has 1 aromatic rings. The highest BCUT2D eigenvalue weighted by Gasteiger charge is 2.11. The number of rotatable bonds is 7. The minimum Gasteiger partial charge on any atom is -0.493 e. The summed E-state index contributed by atoms with van der Waals surface area (Å²) in [5.41, 5.74) is 2.60. The Labute approximate surface area is 144 Å². The number of benzene rings is 1. The number of aliphatic imine (C=N–C) groups is 1. The highest BCUT2D eigenvalue weighted by atomic mass is 16.5. The molecule has 1 aliphatic rings. The van der Waals surface area contributed by atoms with Crippen LogP contribution in [0.2, 0.25) is 0 Å². The van der Waals surface area contributed by atoms with Crippen molar-refractivity contribution in [1.29, 1.82) is 0 Å². The number of ether oxygens (including phenoxy) is 1. The predicted octanol–water partition coefficient (Wildman–Crippen LogP) is 1.10. The van der Waals surface area contributed by atoms with Crippen molar-refractivity contribution in [2.24, 2.45) is 10.9 Å². The average Bonchev–Trinajstić information content (AvgIpc) is 3.04. The highest BCUT2D eigenvalue weighted by molar-refractivity contribution is 5.80. The minimum absolute atomic E-state index is 0.0140. The van der Waals surface area contributed by atoms with E-state index in [1.807, 2.05) is 13.8 Å². The van der Waals surface area contributed by atoms with Crippen molar-refractivity contribution in [1.82, 2.24) is 16.0 Å². The molecule has 3 N–H and O–H groups in total. The normalized spacial score (nSPS) is 13.4. The lowest BCUT2D eigenvalue weighted by Crippen LogP contribution is -2.42. The third-order valence-corrected chi connectivity index (χ3v) is 3.92. The monoisotopic (exact) mass is 332 g/mol. The van der Waals surface area contributed by atoms with Crippen LogP contribution >= 0.6 is 0 Å². The lowest BCUT2D eigenvalue weighted by Gasteiger charge is -2.13. The summed E-state index contributed by atoms with van der Waals surface area (Å²) in [7, 11) is 1.74. The molecule has 0 saturated carbocycles. The van der Waals surface area contributed by atoms with Crippen LogP contribution in [0.25, 0.3) is 0 Å². The smallest absolute Gasteiger partial charge is 0.222 e. The molecule has 0 spiro atoms. The largest absolute Gasteiger partial charge is 0.493 e. The van der Waals surface area contributed by atoms with E-state index in [4.69, 9.17) is 4.74 Å². The van der Waals surface area contributed by atoms with Gasteiger partial charge in [0.05, 0.1) is 6.61 Å². The van der Waals surface area contributed by atoms with Gasteiger partial charge in [-0.2, -0.15) is 0 Å². The molecule has 1 aliphatic heterocycles. The van der Waals surface area contributed by atoms with E-state index in [1.54, 1.807) is 7.05 Å². The summed E-state index contributed by atoms with van der Waals surface area (Å²) in [6, 6.07) is 6.40. The topological polar surface area (TPSA) is 74.8 Å². The van der Waals surface area contributed by atoms with Crippen LogP contribution in [0.3, 0.4) is 0 Å². The number of hydrogen-bond acceptors (Lipinski definition) is 3. The van der Waals surface area contributed by atoms with Gasteiger partial charge in [-0.3, -0.25) is 9.79 Å². The molecular formula is C18H28N4O2. The Morgan fingerprint density at radius 1 is 1.21 bits per heavy atom. The van der Waals surface area contributed by atoms with E-state index in [0.29, 0.717) is 13.1 Å². The van der Waals surface area contributed by atoms with Crippen molar-refractivity contribution in [3.8, 4) is 5.75 Å². The zero-order valence-corrected chi connectivity index (χ0v) is 14.8. The molecule has 132 valence electrons. The van der Waals surface area contributed by atoms with Crippen LogP contribution in [-0.4, -0.2) is 45.2 Å². The number of guanidine groups is 1. The Hall–Kier alpha value is -2.24. The molecule has 2 rings (SSSR count). The molecule has 24 heavy (non-hydrogen) atoms. The summed E-state index contributed by atoms with van der Waals surface area (Å²) in [4.78, 5) is 15.7. The molecule has 1 heterocycles. The molecule has 1 aromatic carbocycles. The van der Waals surface area contributed by atoms with Gasteiger partial charge in [-0.15, -0.1) is 0 Å². The maximum absolute atomic E-state index is 11.5. The van der Waals surface area contributed by atoms with Gasteiger partial charge in [0.15, 0.2) is 5.96 Å². The van der Waals surface area contributed by atoms with E-state index in [9.17, 15) is 4.79 Å². The van der Waals surface area contributed by atoms with E-state index >= 15 is 0 Å². The number of carbonyl (C=O) groups is 1. The molecule has 0 fully saturated rings. The van der Waals surface area contributed by atoms with E-state index in [-0.39, 0.29) is 11.8 Å². The summed E-state index contributed by atoms with van der Waals surface area (Å²) in [6.45, 7) is 6.60. The number of amides is 1. The van der Waals surface area contributed by atoms with Crippen LogP contribution in [0.15, 0.2) is 23.2 Å². The third-order valence-electron chi connectivity index (χ3n) is 3.92. The van der Waals surface area contributed by atoms with E-state index < -0.39 is 0 Å². The van der Waals surface area contributed by atoms with Gasteiger partial charge >= 0.3 is 0 Å². The van der Waals surface area contributed by atoms with Crippen molar-refractivity contribution >= 4 is 11.9 Å². The standard InChI is InChI=1S/C18H28N4O2/c1-13(2)17(23)20-9-10-22-18(19-3)21-8-6-14-4-5-16-15(12-14)7-11-24-16/h4-5,12-13H,6-11H2,1-3H3,(H,20,23)(H2,19,21,22). The molecule has 0 bridgehead atoms. The molecule has 6 nitrogen and oxygen atoms in total. The van der Waals surface area contributed by atoms with Crippen molar-refractivity contribution in [3.05, 3.63) is 29.3 Å². The molecular weight excluding hydrogens is 304 g/mol. The number of fused-ring (bicyclic) bond motifs is 1. The molecule has 0 radical (unpaired) electrons. The molecule has 0 aromatic heterocycles. The van der Waals surface area contributed by atoms with Crippen LogP contribution in [0.5, 0.6) is 5.75 Å². The Bertz CT molecular complexity index is 584. The SMILES string of the molecule is CN=C(NCCNC(=O)C(C)C)NCCc1ccc2c(c1)CCO2. The lowest BCUT2D eigenvalue weighted by atomic mass is 10.1. The lowest BCUT2D eigenvalue weighted by molar-refractivity contribution is -0.123. The quantitative estimate of drug-likeness (QED) is 0.397. The van der Waals surface area contributed by atoms with Gasteiger partial charge in [-0.1, -0.05) is 26.0 Å². The van der Waals surface area contributed by atoms with Gasteiger partial charge in [0, 0.05) is 39.0 Å². The van der Waals surface area contributed by atoms with Gasteiger partial charge in [0.2, 0.25) is 5.91 Å². The molecule has 0 atom stereocenters. The maximum atomic E-state index is 11.5. The van der Waals surface area contributed by atoms with Gasteiger partial charge in [0.1, 0.15) is 5.75 Å². The predicted molar refractivity (Wildman–Crippen MR) is 96.6 cm³/mol. The highest BCUT2D eigenvalue weighted by Crippen LogP contribution is 2.25. The average molecular weight is 332 g/mol. The van der Waals surface area contributed by atoms with Crippen LogP contribution in [-0.2, 0) is 17.6 Å². The Kier molecular flexibility index (Phi) is 6.90. The second-order valence-corrected chi connectivity index (χ2v) is 6.16. The fourth-order valence-corrected chi connectivity index (χ4v) is 2.51. The number of nitrogens with one attached hydrogen (secondary N) is 3. The Morgan fingerprint density at radius 2 is 1.96 bits per heavy atom. The number of carbonyl (C=O) groups excluding carboxylic acids is 1. The number of hydrogen-bond donors (Lipinski definition) is 3. The first-order valence-electron chi connectivity index (χ1n) is 8.57. The first kappa shape index (κ1) is 18.1. The first-order valence-corrected chi connectivity index (χ1v) is 8.57. The van der Waals surface area contributed by atoms with Crippen LogP contribution in [0.1, 0.15) is 25.0 Å². The van der Waals surface area contributed by atoms with Crippen LogP contribution in [0, 0.1) is 5.92 Å². The minimum atomic E-state index is 0.0140. The van der Waals surface area contributed by atoms with E-state index in [0.717, 1.165) is 37.7 Å². The van der Waals surface area contributed by atoms with Crippen LogP contribution < -0.4 is 20.7 Å². The molecule has 1 amide bonds. The molecule has 0 aliphatic carbocycles. The zero-order chi connectivity index (χ0) is 17.4. The Morgan fingerprint density at radius 3 is 2.71 bits per heavy atom. The van der Waals surface area contributed by atoms with Crippen molar-refractivity contribution in [3.63, 3.8) is 0 Å². The molecule has 0 unspecified atom stereocenters. The molecule has 6 heteroatoms. The fourth-order valence-electron chi connectivity index (χ4n) is 2.51. The van der Waals surface area contributed by atoms with Crippen LogP contribution in [0.4, 0.5) is 0 Å². The summed E-state index contributed by atoms with van der Waals surface area (Å²) < 4.78 is 5.53. The van der Waals surface area contributed by atoms with Crippen molar-refractivity contribution < 1.29 is 9.53 Å². The van der Waals surface area contributed by atoms with Gasteiger partial charge < -0.3 is 20.7 Å². The first-order chi connectivity index (χ1) is 11.6. The summed E-state index contributed by atoms with van der Waals surface area (Å²) >= 11 is 0. The van der Waals surface area contributed by atoms with E-state index in [2.05, 4.69) is 39.1 Å². The van der Waals surface area contributed by atoms with Crippen molar-refractivity contribution in [2.45, 2.75) is 26.7 Å². The second-order valence-electron chi connectivity index (χ2n) is 6.16. The maximum Gasteiger partial charge on any atom is 0.222 e. The van der Waals surface area contributed by atoms with Gasteiger partial charge in [-0.25, -0.2) is 0 Å². The second kappa shape index (κ2) is 9.15. The number of nitrogens with zero attached hydrogens (tertiary/aromatic N) is 1.